The molecule has 1 aliphatic rings. The van der Waals surface area contributed by atoms with Crippen LogP contribution >= 0.6 is 0 Å². The molecular formula is C19H17FN6O. The second-order valence-electron chi connectivity index (χ2n) is 6.17. The van der Waals surface area contributed by atoms with Gasteiger partial charge < -0.3 is 5.73 Å². The number of hydrogen-bond acceptors (Lipinski definition) is 5. The largest absolute Gasteiger partial charge is 0.370 e. The molecule has 3 aromatic rings. The molecule has 1 aromatic carbocycles. The lowest BCUT2D eigenvalue weighted by Gasteiger charge is -2.23. The Hall–Kier alpha value is -3.55. The van der Waals surface area contributed by atoms with Gasteiger partial charge >= 0.3 is 0 Å². The Balaban J connectivity index is 1.91. The number of pyridine rings is 1. The predicted molar refractivity (Wildman–Crippen MR) is 98.1 cm³/mol. The number of rotatable bonds is 4. The van der Waals surface area contributed by atoms with E-state index >= 15 is 0 Å². The minimum absolute atomic E-state index is 0.0298. The molecule has 136 valence electrons. The zero-order valence-electron chi connectivity index (χ0n) is 14.6. The summed E-state index contributed by atoms with van der Waals surface area (Å²) in [5, 5.41) is 6.83. The summed E-state index contributed by atoms with van der Waals surface area (Å²) in [4.78, 5) is 21.0. The SMILES string of the molecule is CCn1cc(C2(c3cccc(-c4cccnc4F)c3)N=C(N)NC2=O)cn1. The third-order valence-electron chi connectivity index (χ3n) is 4.58. The fourth-order valence-corrected chi connectivity index (χ4v) is 3.26. The number of hydrogen-bond donors (Lipinski definition) is 2. The van der Waals surface area contributed by atoms with Crippen LogP contribution in [0.25, 0.3) is 11.1 Å². The van der Waals surface area contributed by atoms with Crippen molar-refractivity contribution < 1.29 is 9.18 Å². The zero-order chi connectivity index (χ0) is 19.0. The van der Waals surface area contributed by atoms with Crippen LogP contribution in [-0.2, 0) is 16.9 Å². The maximum Gasteiger partial charge on any atom is 0.264 e. The molecule has 1 amide bonds. The minimum Gasteiger partial charge on any atom is -0.370 e. The molecule has 1 atom stereocenters. The van der Waals surface area contributed by atoms with Gasteiger partial charge in [0.15, 0.2) is 11.5 Å². The first kappa shape index (κ1) is 16.9. The number of carbonyl (C=O) groups is 1. The number of benzene rings is 1. The van der Waals surface area contributed by atoms with Crippen LogP contribution in [0, 0.1) is 5.95 Å². The number of amides is 1. The highest BCUT2D eigenvalue weighted by atomic mass is 19.1. The number of aromatic nitrogens is 3. The highest BCUT2D eigenvalue weighted by Gasteiger charge is 2.47. The number of carbonyl (C=O) groups excluding carboxylic acids is 1. The maximum atomic E-state index is 14.1. The van der Waals surface area contributed by atoms with Gasteiger partial charge in [-0.15, -0.1) is 0 Å². The summed E-state index contributed by atoms with van der Waals surface area (Å²) in [7, 11) is 0. The Bertz CT molecular complexity index is 1060. The van der Waals surface area contributed by atoms with Gasteiger partial charge in [-0.3, -0.25) is 14.8 Å². The molecule has 0 radical (unpaired) electrons. The second-order valence-corrected chi connectivity index (χ2v) is 6.17. The van der Waals surface area contributed by atoms with Crippen LogP contribution in [-0.4, -0.2) is 26.6 Å². The van der Waals surface area contributed by atoms with Crippen molar-refractivity contribution in [2.24, 2.45) is 10.7 Å². The van der Waals surface area contributed by atoms with Crippen LogP contribution in [0.3, 0.4) is 0 Å². The predicted octanol–water partition coefficient (Wildman–Crippen LogP) is 1.79. The van der Waals surface area contributed by atoms with Gasteiger partial charge in [0.05, 0.1) is 6.20 Å². The Morgan fingerprint density at radius 1 is 1.26 bits per heavy atom. The summed E-state index contributed by atoms with van der Waals surface area (Å²) in [6, 6.07) is 10.3. The van der Waals surface area contributed by atoms with E-state index in [9.17, 15) is 9.18 Å². The Morgan fingerprint density at radius 3 is 2.78 bits per heavy atom. The monoisotopic (exact) mass is 364 g/mol. The first-order chi connectivity index (χ1) is 13.0. The van der Waals surface area contributed by atoms with Crippen molar-refractivity contribution in [2.75, 3.05) is 0 Å². The fraction of sp³-hybridized carbons (Fsp3) is 0.158. The Morgan fingerprint density at radius 2 is 2.11 bits per heavy atom. The van der Waals surface area contributed by atoms with Gasteiger partial charge in [-0.2, -0.15) is 9.49 Å². The van der Waals surface area contributed by atoms with Crippen LogP contribution in [0.2, 0.25) is 0 Å². The first-order valence-electron chi connectivity index (χ1n) is 8.45. The molecule has 3 heterocycles. The van der Waals surface area contributed by atoms with E-state index in [0.29, 0.717) is 28.8 Å². The summed E-state index contributed by atoms with van der Waals surface area (Å²) >= 11 is 0. The molecule has 0 fully saturated rings. The Kier molecular flexibility index (Phi) is 3.95. The third kappa shape index (κ3) is 2.66. The molecule has 0 spiro atoms. The van der Waals surface area contributed by atoms with Gasteiger partial charge in [0, 0.05) is 30.1 Å². The Labute approximate surface area is 154 Å². The minimum atomic E-state index is -1.37. The van der Waals surface area contributed by atoms with E-state index < -0.39 is 11.5 Å². The van der Waals surface area contributed by atoms with Crippen molar-refractivity contribution in [3.63, 3.8) is 0 Å². The summed E-state index contributed by atoms with van der Waals surface area (Å²) in [6.45, 7) is 2.60. The first-order valence-corrected chi connectivity index (χ1v) is 8.45. The van der Waals surface area contributed by atoms with Crippen molar-refractivity contribution in [2.45, 2.75) is 19.0 Å². The van der Waals surface area contributed by atoms with Crippen molar-refractivity contribution in [3.8, 4) is 11.1 Å². The van der Waals surface area contributed by atoms with Crippen LogP contribution in [0.1, 0.15) is 18.1 Å². The molecular weight excluding hydrogens is 347 g/mol. The molecule has 1 aliphatic heterocycles. The van der Waals surface area contributed by atoms with Gasteiger partial charge in [-0.05, 0) is 36.2 Å². The number of aliphatic imine (C=N–C) groups is 1. The smallest absolute Gasteiger partial charge is 0.264 e. The zero-order valence-corrected chi connectivity index (χ0v) is 14.6. The highest BCUT2D eigenvalue weighted by molar-refractivity contribution is 6.09. The molecule has 0 saturated carbocycles. The van der Waals surface area contributed by atoms with E-state index in [-0.39, 0.29) is 11.9 Å². The summed E-state index contributed by atoms with van der Waals surface area (Å²) in [5.41, 5.74) is 6.53. The lowest BCUT2D eigenvalue weighted by atomic mass is 9.83. The molecule has 0 aliphatic carbocycles. The summed E-state index contributed by atoms with van der Waals surface area (Å²) < 4.78 is 15.8. The van der Waals surface area contributed by atoms with Crippen molar-refractivity contribution in [1.29, 1.82) is 0 Å². The molecule has 8 heteroatoms. The number of halogens is 1. The second kappa shape index (κ2) is 6.31. The topological polar surface area (TPSA) is 98.2 Å². The van der Waals surface area contributed by atoms with Gasteiger partial charge in [0.2, 0.25) is 5.95 Å². The summed E-state index contributed by atoms with van der Waals surface area (Å²) in [6.07, 6.45) is 4.75. The van der Waals surface area contributed by atoms with E-state index in [4.69, 9.17) is 5.73 Å². The van der Waals surface area contributed by atoms with Gasteiger partial charge in [-0.25, -0.2) is 9.98 Å². The molecule has 27 heavy (non-hydrogen) atoms. The van der Waals surface area contributed by atoms with E-state index in [0.717, 1.165) is 0 Å². The average molecular weight is 364 g/mol. The van der Waals surface area contributed by atoms with Crippen LogP contribution in [0.4, 0.5) is 4.39 Å². The number of guanidine groups is 1. The van der Waals surface area contributed by atoms with E-state index in [2.05, 4.69) is 20.4 Å². The molecule has 0 bridgehead atoms. The quantitative estimate of drug-likeness (QED) is 0.690. The molecule has 0 saturated heterocycles. The number of nitrogens with one attached hydrogen (secondary N) is 1. The van der Waals surface area contributed by atoms with Crippen molar-refractivity contribution in [3.05, 3.63) is 72.1 Å². The molecule has 2 aromatic heterocycles. The molecule has 3 N–H and O–H groups in total. The number of nitrogens with two attached hydrogens (primary N) is 1. The lowest BCUT2D eigenvalue weighted by molar-refractivity contribution is -0.122. The fourth-order valence-electron chi connectivity index (χ4n) is 3.26. The van der Waals surface area contributed by atoms with E-state index in [1.807, 2.05) is 6.92 Å². The third-order valence-corrected chi connectivity index (χ3v) is 4.58. The number of nitrogens with zero attached hydrogens (tertiary/aromatic N) is 4. The summed E-state index contributed by atoms with van der Waals surface area (Å²) in [5.74, 6) is -0.928. The average Bonchev–Trinajstić information content (AvgIpc) is 3.27. The normalized spacial score (nSPS) is 19.0. The highest BCUT2D eigenvalue weighted by Crippen LogP contribution is 2.38. The molecule has 1 unspecified atom stereocenters. The van der Waals surface area contributed by atoms with Gasteiger partial charge in [0.25, 0.3) is 5.91 Å². The van der Waals surface area contributed by atoms with Crippen LogP contribution < -0.4 is 11.1 Å². The number of aryl methyl sites for hydroxylation is 1. The van der Waals surface area contributed by atoms with Crippen molar-refractivity contribution in [1.82, 2.24) is 20.1 Å². The molecule has 7 nitrogen and oxygen atoms in total. The van der Waals surface area contributed by atoms with E-state index in [1.165, 1.54) is 6.20 Å². The van der Waals surface area contributed by atoms with Crippen LogP contribution in [0.5, 0.6) is 0 Å². The van der Waals surface area contributed by atoms with Crippen LogP contribution in [0.15, 0.2) is 60.0 Å². The molecule has 4 rings (SSSR count). The standard InChI is InChI=1S/C19H17FN6O/c1-2-26-11-14(10-23-26)19(17(27)24-18(21)25-19)13-6-3-5-12(9-13)15-7-4-8-22-16(15)20/h3-11H,2H2,1H3,(H3,21,24,25,27). The van der Waals surface area contributed by atoms with Crippen molar-refractivity contribution >= 4 is 11.9 Å². The van der Waals surface area contributed by atoms with Gasteiger partial charge in [-0.1, -0.05) is 18.2 Å². The maximum absolute atomic E-state index is 14.1. The lowest BCUT2D eigenvalue weighted by Crippen LogP contribution is -2.39. The van der Waals surface area contributed by atoms with Gasteiger partial charge in [0.1, 0.15) is 0 Å². The van der Waals surface area contributed by atoms with E-state index in [1.54, 1.807) is 53.5 Å².